The monoisotopic (exact) mass is 544 g/mol. The molecule has 40 heavy (non-hydrogen) atoms. The Hall–Kier alpha value is -4.80. The quantitative estimate of drug-likeness (QED) is 0.300. The van der Waals surface area contributed by atoms with Gasteiger partial charge in [-0.25, -0.2) is 18.7 Å². The minimum Gasteiger partial charge on any atom is -0.489 e. The highest BCUT2D eigenvalue weighted by Gasteiger charge is 2.34. The van der Waals surface area contributed by atoms with Gasteiger partial charge in [0.2, 0.25) is 5.95 Å². The molecule has 1 saturated heterocycles. The lowest BCUT2D eigenvalue weighted by molar-refractivity contribution is -0.112. The smallest absolute Gasteiger partial charge is 0.298 e. The van der Waals surface area contributed by atoms with Gasteiger partial charge in [-0.2, -0.15) is 0 Å². The third-order valence-electron chi connectivity index (χ3n) is 7.36. The number of carbonyl (C=O) groups excluding carboxylic acids is 2. The maximum absolute atomic E-state index is 13.9. The van der Waals surface area contributed by atoms with Crippen molar-refractivity contribution in [3.8, 4) is 16.9 Å². The number of fused-ring (bicyclic) bond motifs is 3. The first-order valence-corrected chi connectivity index (χ1v) is 12.8. The fourth-order valence-corrected chi connectivity index (χ4v) is 5.27. The molecule has 6 rings (SSSR count). The van der Waals surface area contributed by atoms with Crippen LogP contribution in [0.25, 0.3) is 11.1 Å². The Morgan fingerprint density at radius 2 is 1.82 bits per heavy atom. The Labute approximate surface area is 229 Å². The van der Waals surface area contributed by atoms with Gasteiger partial charge in [-0.05, 0) is 42.8 Å². The first-order chi connectivity index (χ1) is 19.3. The van der Waals surface area contributed by atoms with Gasteiger partial charge < -0.3 is 24.4 Å². The van der Waals surface area contributed by atoms with Crippen LogP contribution in [-0.4, -0.2) is 58.5 Å². The number of aryl methyl sites for hydroxylation is 1. The van der Waals surface area contributed by atoms with Crippen molar-refractivity contribution >= 4 is 29.0 Å². The van der Waals surface area contributed by atoms with Gasteiger partial charge in [0, 0.05) is 49.7 Å². The van der Waals surface area contributed by atoms with E-state index in [1.807, 2.05) is 17.9 Å². The normalized spacial score (nSPS) is 16.1. The van der Waals surface area contributed by atoms with E-state index in [1.54, 1.807) is 41.9 Å². The number of nitrogens with one attached hydrogen (secondary N) is 1. The Morgan fingerprint density at radius 3 is 2.60 bits per heavy atom. The molecule has 0 saturated carbocycles. The highest BCUT2D eigenvalue weighted by atomic mass is 19.1. The van der Waals surface area contributed by atoms with E-state index >= 15 is 0 Å². The van der Waals surface area contributed by atoms with Gasteiger partial charge in [0.25, 0.3) is 11.7 Å². The third-order valence-corrected chi connectivity index (χ3v) is 7.36. The number of halogens is 2. The number of aromatic nitrogens is 3. The van der Waals surface area contributed by atoms with E-state index in [0.717, 1.165) is 23.8 Å². The minimum absolute atomic E-state index is 0.0405. The highest BCUT2D eigenvalue weighted by Crippen LogP contribution is 2.38. The number of piperazine rings is 1. The third kappa shape index (κ3) is 4.63. The summed E-state index contributed by atoms with van der Waals surface area (Å²) >= 11 is 0. The predicted octanol–water partition coefficient (Wildman–Crippen LogP) is 3.98. The van der Waals surface area contributed by atoms with Crippen molar-refractivity contribution in [3.05, 3.63) is 83.9 Å². The molecule has 4 aromatic rings. The van der Waals surface area contributed by atoms with Gasteiger partial charge in [-0.1, -0.05) is 12.1 Å². The molecule has 2 aromatic carbocycles. The van der Waals surface area contributed by atoms with Crippen molar-refractivity contribution in [2.75, 3.05) is 41.4 Å². The Balaban J connectivity index is 1.18. The van der Waals surface area contributed by atoms with E-state index in [9.17, 15) is 18.4 Å². The molecule has 4 heterocycles. The maximum Gasteiger partial charge on any atom is 0.298 e. The van der Waals surface area contributed by atoms with E-state index in [-0.39, 0.29) is 11.7 Å². The van der Waals surface area contributed by atoms with E-state index in [1.165, 1.54) is 12.1 Å². The van der Waals surface area contributed by atoms with Crippen LogP contribution in [0.1, 0.15) is 16.2 Å². The molecule has 204 valence electrons. The molecule has 0 bridgehead atoms. The standard InChI is InChI=1S/C29H26F2N6O3/c1-17-10-23(18-4-3-5-19(30)11-18)26(35(17)2)27(38)28(39)34-21-6-7-24-25(12-21)40-16-22-15-36(8-9-37(22)24)29-32-13-20(31)14-33-29/h3-7,10-14,22H,8-9,15-16H2,1-2H3,(H,34,39)/t22-/m0/s1. The van der Waals surface area contributed by atoms with Crippen molar-refractivity contribution < 1.29 is 23.1 Å². The van der Waals surface area contributed by atoms with Gasteiger partial charge in [-0.15, -0.1) is 0 Å². The summed E-state index contributed by atoms with van der Waals surface area (Å²) in [4.78, 5) is 38.8. The minimum atomic E-state index is -0.805. The number of benzene rings is 2. The molecule has 1 N–H and O–H groups in total. The fourth-order valence-electron chi connectivity index (χ4n) is 5.27. The van der Waals surface area contributed by atoms with Crippen molar-refractivity contribution in [2.24, 2.45) is 7.05 Å². The van der Waals surface area contributed by atoms with Crippen LogP contribution in [0.3, 0.4) is 0 Å². The molecule has 0 spiro atoms. The van der Waals surface area contributed by atoms with Gasteiger partial charge in [0.05, 0.1) is 24.1 Å². The number of hydrogen-bond donors (Lipinski definition) is 1. The van der Waals surface area contributed by atoms with E-state index in [0.29, 0.717) is 54.8 Å². The molecule has 0 unspecified atom stereocenters. The zero-order valence-electron chi connectivity index (χ0n) is 21.9. The maximum atomic E-state index is 13.9. The van der Waals surface area contributed by atoms with Crippen LogP contribution in [0.15, 0.2) is 60.9 Å². The van der Waals surface area contributed by atoms with Gasteiger partial charge in [0.15, 0.2) is 5.82 Å². The van der Waals surface area contributed by atoms with Crippen molar-refractivity contribution in [1.29, 1.82) is 0 Å². The summed E-state index contributed by atoms with van der Waals surface area (Å²) in [6.45, 7) is 4.17. The zero-order valence-corrected chi connectivity index (χ0v) is 21.9. The fraction of sp³-hybridized carbons (Fsp3) is 0.241. The molecule has 1 atom stereocenters. The topological polar surface area (TPSA) is 92.6 Å². The lowest BCUT2D eigenvalue weighted by Crippen LogP contribution is -2.57. The second kappa shape index (κ2) is 10.1. The largest absolute Gasteiger partial charge is 0.489 e. The highest BCUT2D eigenvalue weighted by molar-refractivity contribution is 6.47. The number of amides is 1. The Morgan fingerprint density at radius 1 is 1.02 bits per heavy atom. The zero-order chi connectivity index (χ0) is 28.0. The number of anilines is 3. The van der Waals surface area contributed by atoms with E-state index < -0.39 is 23.3 Å². The Bertz CT molecular complexity index is 1620. The van der Waals surface area contributed by atoms with Crippen LogP contribution in [0.2, 0.25) is 0 Å². The van der Waals surface area contributed by atoms with Crippen LogP contribution in [0.5, 0.6) is 5.75 Å². The molecule has 2 aliphatic heterocycles. The lowest BCUT2D eigenvalue weighted by Gasteiger charge is -2.45. The van der Waals surface area contributed by atoms with Crippen LogP contribution in [0.4, 0.5) is 26.1 Å². The molecule has 1 fully saturated rings. The molecule has 0 radical (unpaired) electrons. The summed E-state index contributed by atoms with van der Waals surface area (Å²) in [5.74, 6) is -1.36. The summed E-state index contributed by atoms with van der Waals surface area (Å²) in [6.07, 6.45) is 2.31. The van der Waals surface area contributed by atoms with Crippen molar-refractivity contribution in [1.82, 2.24) is 14.5 Å². The first kappa shape index (κ1) is 25.5. The van der Waals surface area contributed by atoms with E-state index in [2.05, 4.69) is 20.2 Å². The molecular formula is C29H26F2N6O3. The van der Waals surface area contributed by atoms with Crippen molar-refractivity contribution in [2.45, 2.75) is 13.0 Å². The number of Topliss-reactive ketones (excluding diaryl/α,β-unsaturated/α-hetero) is 1. The summed E-state index contributed by atoms with van der Waals surface area (Å²) in [7, 11) is 1.70. The second-order valence-corrected chi connectivity index (χ2v) is 9.89. The average molecular weight is 545 g/mol. The number of ketones is 1. The molecule has 9 nitrogen and oxygen atoms in total. The summed E-state index contributed by atoms with van der Waals surface area (Å²) in [5.41, 5.74) is 3.25. The molecule has 2 aliphatic rings. The summed E-state index contributed by atoms with van der Waals surface area (Å²) < 4.78 is 34.8. The van der Waals surface area contributed by atoms with Crippen LogP contribution < -0.4 is 19.9 Å². The van der Waals surface area contributed by atoms with Gasteiger partial charge in [0.1, 0.15) is 23.9 Å². The molecule has 2 aromatic heterocycles. The Kier molecular flexibility index (Phi) is 6.41. The number of rotatable bonds is 5. The number of hydrogen-bond acceptors (Lipinski definition) is 7. The number of nitrogens with zero attached hydrogens (tertiary/aromatic N) is 5. The second-order valence-electron chi connectivity index (χ2n) is 9.89. The lowest BCUT2D eigenvalue weighted by atomic mass is 10.0. The number of carbonyl (C=O) groups is 2. The van der Waals surface area contributed by atoms with E-state index in [4.69, 9.17) is 4.74 Å². The van der Waals surface area contributed by atoms with Crippen molar-refractivity contribution in [3.63, 3.8) is 0 Å². The molecular weight excluding hydrogens is 518 g/mol. The van der Waals surface area contributed by atoms with Crippen LogP contribution in [-0.2, 0) is 11.8 Å². The molecule has 0 aliphatic carbocycles. The SMILES string of the molecule is Cc1cc(-c2cccc(F)c2)c(C(=O)C(=O)Nc2ccc3c(c2)OC[C@@H]2CN(c4ncc(F)cn4)CCN32)n1C. The molecule has 1 amide bonds. The number of ether oxygens (including phenoxy) is 1. The molecule has 11 heteroatoms. The first-order valence-electron chi connectivity index (χ1n) is 12.8. The van der Waals surface area contributed by atoms with Gasteiger partial charge >= 0.3 is 0 Å². The predicted molar refractivity (Wildman–Crippen MR) is 146 cm³/mol. The average Bonchev–Trinajstić information content (AvgIpc) is 3.26. The summed E-state index contributed by atoms with van der Waals surface area (Å²) in [6, 6.07) is 13.0. The summed E-state index contributed by atoms with van der Waals surface area (Å²) in [5, 5.41) is 2.69. The van der Waals surface area contributed by atoms with Crippen LogP contribution in [0, 0.1) is 18.6 Å². The van der Waals surface area contributed by atoms with Gasteiger partial charge in [-0.3, -0.25) is 9.59 Å². The van der Waals surface area contributed by atoms with Crippen LogP contribution >= 0.6 is 0 Å².